The molecule has 1 saturated carbocycles. The number of rotatable bonds is 2. The zero-order chi connectivity index (χ0) is 11.9. The lowest BCUT2D eigenvalue weighted by atomic mass is 9.70. The molecular formula is C14H15NOS. The molecule has 1 aromatic carbocycles. The second-order valence-electron chi connectivity index (χ2n) is 5.00. The summed E-state index contributed by atoms with van der Waals surface area (Å²) in [4.78, 5) is 16.2. The van der Waals surface area contributed by atoms with Crippen molar-refractivity contribution in [2.45, 2.75) is 48.3 Å². The summed E-state index contributed by atoms with van der Waals surface area (Å²) in [5, 5.41) is 0.642. The van der Waals surface area contributed by atoms with Gasteiger partial charge in [-0.2, -0.15) is 4.99 Å². The van der Waals surface area contributed by atoms with Gasteiger partial charge in [-0.1, -0.05) is 19.1 Å². The lowest BCUT2D eigenvalue weighted by Gasteiger charge is -2.38. The second kappa shape index (κ2) is 4.01. The molecule has 1 heterocycles. The molecule has 0 aromatic heterocycles. The minimum Gasteiger partial charge on any atom is -0.211 e. The van der Waals surface area contributed by atoms with Gasteiger partial charge in [0.1, 0.15) is 0 Å². The Morgan fingerprint density at radius 2 is 2.29 bits per heavy atom. The van der Waals surface area contributed by atoms with E-state index in [0.29, 0.717) is 5.25 Å². The highest BCUT2D eigenvalue weighted by molar-refractivity contribution is 8.00. The van der Waals surface area contributed by atoms with Gasteiger partial charge in [0.25, 0.3) is 0 Å². The van der Waals surface area contributed by atoms with Crippen LogP contribution < -0.4 is 0 Å². The molecular weight excluding hydrogens is 230 g/mol. The van der Waals surface area contributed by atoms with Crippen LogP contribution in [0.25, 0.3) is 0 Å². The van der Waals surface area contributed by atoms with Crippen LogP contribution in [-0.4, -0.2) is 11.3 Å². The Balaban J connectivity index is 2.10. The zero-order valence-electron chi connectivity index (χ0n) is 9.90. The van der Waals surface area contributed by atoms with Crippen LogP contribution in [0.4, 0.5) is 0 Å². The van der Waals surface area contributed by atoms with Gasteiger partial charge in [-0.05, 0) is 42.9 Å². The molecule has 0 N–H and O–H groups in total. The van der Waals surface area contributed by atoms with Crippen molar-refractivity contribution in [1.29, 1.82) is 0 Å². The van der Waals surface area contributed by atoms with Gasteiger partial charge in [-0.25, -0.2) is 4.79 Å². The molecule has 1 fully saturated rings. The van der Waals surface area contributed by atoms with Crippen molar-refractivity contribution in [3.63, 3.8) is 0 Å². The summed E-state index contributed by atoms with van der Waals surface area (Å²) in [6.45, 7) is 2.25. The number of benzene rings is 1. The molecule has 2 nitrogen and oxygen atoms in total. The highest BCUT2D eigenvalue weighted by Gasteiger charge is 2.41. The van der Waals surface area contributed by atoms with Crippen molar-refractivity contribution in [2.24, 2.45) is 4.99 Å². The fraction of sp³-hybridized carbons (Fsp3) is 0.500. The number of aliphatic imine (C=N–C) groups is 1. The first-order chi connectivity index (χ1) is 8.25. The molecule has 1 aromatic rings. The highest BCUT2D eigenvalue weighted by Crippen LogP contribution is 2.50. The zero-order valence-corrected chi connectivity index (χ0v) is 10.7. The summed E-state index contributed by atoms with van der Waals surface area (Å²) in [6.07, 6.45) is 6.04. The van der Waals surface area contributed by atoms with E-state index in [4.69, 9.17) is 0 Å². The van der Waals surface area contributed by atoms with E-state index < -0.39 is 0 Å². The van der Waals surface area contributed by atoms with E-state index in [-0.39, 0.29) is 5.54 Å². The molecule has 1 aliphatic carbocycles. The SMILES string of the molecule is CC1Cc2c(cccc2C2(N=C=O)CCC2)S1. The third-order valence-electron chi connectivity index (χ3n) is 3.89. The Kier molecular flexibility index (Phi) is 2.61. The Bertz CT molecular complexity index is 501. The van der Waals surface area contributed by atoms with Crippen molar-refractivity contribution in [2.75, 3.05) is 0 Å². The van der Waals surface area contributed by atoms with E-state index in [1.54, 1.807) is 6.08 Å². The summed E-state index contributed by atoms with van der Waals surface area (Å²) in [5.74, 6) is 0. The van der Waals surface area contributed by atoms with E-state index in [0.717, 1.165) is 25.7 Å². The summed E-state index contributed by atoms with van der Waals surface area (Å²) < 4.78 is 0. The minimum absolute atomic E-state index is 0.238. The Hall–Kier alpha value is -1.05. The fourth-order valence-corrected chi connectivity index (χ4v) is 4.09. The van der Waals surface area contributed by atoms with E-state index in [9.17, 15) is 4.79 Å². The molecule has 3 rings (SSSR count). The summed E-state index contributed by atoms with van der Waals surface area (Å²) in [6, 6.07) is 6.43. The third-order valence-corrected chi connectivity index (χ3v) is 5.10. The number of hydrogen-bond acceptors (Lipinski definition) is 3. The molecule has 0 amide bonds. The van der Waals surface area contributed by atoms with Gasteiger partial charge >= 0.3 is 0 Å². The molecule has 0 saturated heterocycles. The van der Waals surface area contributed by atoms with Crippen LogP contribution in [0.15, 0.2) is 28.1 Å². The second-order valence-corrected chi connectivity index (χ2v) is 6.48. The van der Waals surface area contributed by atoms with Crippen molar-refractivity contribution >= 4 is 17.8 Å². The molecule has 1 atom stereocenters. The first kappa shape index (κ1) is 11.1. The number of fused-ring (bicyclic) bond motifs is 1. The molecule has 3 heteroatoms. The Morgan fingerprint density at radius 1 is 1.47 bits per heavy atom. The first-order valence-corrected chi connectivity index (χ1v) is 7.01. The molecule has 1 unspecified atom stereocenters. The van der Waals surface area contributed by atoms with Gasteiger partial charge in [0.05, 0.1) is 5.54 Å². The van der Waals surface area contributed by atoms with Crippen LogP contribution in [0.5, 0.6) is 0 Å². The fourth-order valence-electron chi connectivity index (χ4n) is 2.91. The summed E-state index contributed by atoms with van der Waals surface area (Å²) in [7, 11) is 0. The average molecular weight is 245 g/mol. The summed E-state index contributed by atoms with van der Waals surface area (Å²) >= 11 is 1.93. The van der Waals surface area contributed by atoms with Gasteiger partial charge in [-0.3, -0.25) is 0 Å². The number of thioether (sulfide) groups is 1. The number of isocyanates is 1. The van der Waals surface area contributed by atoms with E-state index in [1.807, 2.05) is 11.8 Å². The smallest absolute Gasteiger partial charge is 0.211 e. The normalized spacial score (nSPS) is 24.6. The van der Waals surface area contributed by atoms with Crippen LogP contribution >= 0.6 is 11.8 Å². The van der Waals surface area contributed by atoms with Gasteiger partial charge < -0.3 is 0 Å². The Morgan fingerprint density at radius 3 is 2.94 bits per heavy atom. The van der Waals surface area contributed by atoms with E-state index in [1.165, 1.54) is 16.0 Å². The topological polar surface area (TPSA) is 29.4 Å². The van der Waals surface area contributed by atoms with Gasteiger partial charge in [0.15, 0.2) is 0 Å². The molecule has 0 radical (unpaired) electrons. The average Bonchev–Trinajstić information content (AvgIpc) is 2.63. The van der Waals surface area contributed by atoms with Crippen molar-refractivity contribution < 1.29 is 4.79 Å². The van der Waals surface area contributed by atoms with E-state index in [2.05, 4.69) is 30.1 Å². The number of hydrogen-bond donors (Lipinski definition) is 0. The Labute approximate surface area is 106 Å². The van der Waals surface area contributed by atoms with Crippen LogP contribution in [-0.2, 0) is 16.8 Å². The molecule has 0 bridgehead atoms. The lowest BCUT2D eigenvalue weighted by molar-refractivity contribution is 0.254. The van der Waals surface area contributed by atoms with Gasteiger partial charge in [-0.15, -0.1) is 11.8 Å². The molecule has 1 aliphatic heterocycles. The summed E-state index contributed by atoms with van der Waals surface area (Å²) in [5.41, 5.74) is 2.46. The monoisotopic (exact) mass is 245 g/mol. The number of carbonyl (C=O) groups excluding carboxylic acids is 1. The maximum Gasteiger partial charge on any atom is 0.235 e. The van der Waals surface area contributed by atoms with Crippen molar-refractivity contribution in [3.05, 3.63) is 29.3 Å². The van der Waals surface area contributed by atoms with Crippen LogP contribution in [0.3, 0.4) is 0 Å². The van der Waals surface area contributed by atoms with Gasteiger partial charge in [0, 0.05) is 10.1 Å². The predicted molar refractivity (Wildman–Crippen MR) is 69.1 cm³/mol. The molecule has 2 aliphatic rings. The highest BCUT2D eigenvalue weighted by atomic mass is 32.2. The molecule has 0 spiro atoms. The first-order valence-electron chi connectivity index (χ1n) is 6.13. The molecule has 88 valence electrons. The predicted octanol–water partition coefficient (Wildman–Crippen LogP) is 3.44. The van der Waals surface area contributed by atoms with E-state index >= 15 is 0 Å². The standard InChI is InChI=1S/C14H15NOS/c1-10-8-11-12(4-2-5-13(11)17-10)14(15-9-16)6-3-7-14/h2,4-5,10H,3,6-8H2,1H3. The van der Waals surface area contributed by atoms with Crippen molar-refractivity contribution in [1.82, 2.24) is 0 Å². The maximum atomic E-state index is 10.7. The van der Waals surface area contributed by atoms with Crippen LogP contribution in [0.1, 0.15) is 37.3 Å². The van der Waals surface area contributed by atoms with Gasteiger partial charge in [0.2, 0.25) is 6.08 Å². The third kappa shape index (κ3) is 1.65. The lowest BCUT2D eigenvalue weighted by Crippen LogP contribution is -2.33. The largest absolute Gasteiger partial charge is 0.235 e. The van der Waals surface area contributed by atoms with Crippen LogP contribution in [0.2, 0.25) is 0 Å². The maximum absolute atomic E-state index is 10.7. The minimum atomic E-state index is -0.238. The van der Waals surface area contributed by atoms with Crippen LogP contribution in [0, 0.1) is 0 Å². The van der Waals surface area contributed by atoms with Crippen molar-refractivity contribution in [3.8, 4) is 0 Å². The molecule has 17 heavy (non-hydrogen) atoms. The quantitative estimate of drug-likeness (QED) is 0.590. The number of nitrogens with zero attached hydrogens (tertiary/aromatic N) is 1.